The lowest BCUT2D eigenvalue weighted by molar-refractivity contribution is -0.119. The minimum Gasteiger partial charge on any atom is -0.352 e. The summed E-state index contributed by atoms with van der Waals surface area (Å²) in [6.45, 7) is 1.93. The van der Waals surface area contributed by atoms with Gasteiger partial charge in [-0.2, -0.15) is 0 Å². The van der Waals surface area contributed by atoms with Crippen LogP contribution in [0.4, 0.5) is 5.13 Å². The Morgan fingerprint density at radius 2 is 1.73 bits per heavy atom. The molecule has 2 aromatic carbocycles. The van der Waals surface area contributed by atoms with Gasteiger partial charge in [0.15, 0.2) is 5.13 Å². The van der Waals surface area contributed by atoms with Crippen molar-refractivity contribution in [2.45, 2.75) is 19.9 Å². The first-order valence-electron chi connectivity index (χ1n) is 8.23. The van der Waals surface area contributed by atoms with Gasteiger partial charge in [0.05, 0.1) is 0 Å². The second-order valence-electron chi connectivity index (χ2n) is 5.85. The van der Waals surface area contributed by atoms with Gasteiger partial charge in [-0.1, -0.05) is 42.5 Å². The van der Waals surface area contributed by atoms with Crippen LogP contribution in [0.1, 0.15) is 33.3 Å². The highest BCUT2D eigenvalue weighted by atomic mass is 32.1. The van der Waals surface area contributed by atoms with E-state index in [0.29, 0.717) is 17.2 Å². The molecular weight excluding hydrogens is 346 g/mol. The molecule has 0 spiro atoms. The van der Waals surface area contributed by atoms with Gasteiger partial charge in [-0.15, -0.1) is 11.3 Å². The van der Waals surface area contributed by atoms with Crippen molar-refractivity contribution < 1.29 is 9.59 Å². The smallest absolute Gasteiger partial charge is 0.257 e. The van der Waals surface area contributed by atoms with Crippen LogP contribution in [0, 0.1) is 0 Å². The van der Waals surface area contributed by atoms with E-state index in [1.165, 1.54) is 23.8 Å². The van der Waals surface area contributed by atoms with Crippen LogP contribution in [0.5, 0.6) is 0 Å². The molecule has 2 amide bonds. The average molecular weight is 365 g/mol. The van der Waals surface area contributed by atoms with Crippen molar-refractivity contribution >= 4 is 28.3 Å². The van der Waals surface area contributed by atoms with E-state index in [4.69, 9.17) is 0 Å². The van der Waals surface area contributed by atoms with Gasteiger partial charge in [-0.3, -0.25) is 14.9 Å². The molecule has 1 heterocycles. The molecule has 0 fully saturated rings. The molecule has 0 atom stereocenters. The summed E-state index contributed by atoms with van der Waals surface area (Å²) in [6.07, 6.45) is 2.59. The molecule has 2 N–H and O–H groups in total. The fraction of sp³-hybridized carbons (Fsp3) is 0.150. The molecular formula is C20H19N3O2S. The summed E-state index contributed by atoms with van der Waals surface area (Å²) in [5, 5.41) is 6.14. The fourth-order valence-electron chi connectivity index (χ4n) is 2.41. The van der Waals surface area contributed by atoms with Gasteiger partial charge in [0.2, 0.25) is 5.91 Å². The number of carbonyl (C=O) groups is 2. The van der Waals surface area contributed by atoms with Gasteiger partial charge in [0.1, 0.15) is 0 Å². The molecule has 3 rings (SSSR count). The van der Waals surface area contributed by atoms with Crippen LogP contribution >= 0.6 is 11.3 Å². The normalized spacial score (nSPS) is 10.3. The molecule has 5 nitrogen and oxygen atoms in total. The first-order valence-corrected chi connectivity index (χ1v) is 9.05. The molecule has 0 saturated carbocycles. The summed E-state index contributed by atoms with van der Waals surface area (Å²) in [4.78, 5) is 28.7. The van der Waals surface area contributed by atoms with E-state index >= 15 is 0 Å². The zero-order valence-electron chi connectivity index (χ0n) is 14.4. The van der Waals surface area contributed by atoms with Crippen molar-refractivity contribution in [3.05, 3.63) is 82.4 Å². The predicted octanol–water partition coefficient (Wildman–Crippen LogP) is 3.62. The van der Waals surface area contributed by atoms with E-state index in [1.807, 2.05) is 30.3 Å². The number of thiazole rings is 1. The third-order valence-electron chi connectivity index (χ3n) is 3.75. The predicted molar refractivity (Wildman–Crippen MR) is 103 cm³/mol. The summed E-state index contributed by atoms with van der Waals surface area (Å²) >= 11 is 1.47. The summed E-state index contributed by atoms with van der Waals surface area (Å²) in [6, 6.07) is 17.3. The number of nitrogens with zero attached hydrogens (tertiary/aromatic N) is 1. The number of rotatable bonds is 6. The number of amides is 2. The van der Waals surface area contributed by atoms with E-state index in [2.05, 4.69) is 27.8 Å². The van der Waals surface area contributed by atoms with Crippen LogP contribution in [0.2, 0.25) is 0 Å². The van der Waals surface area contributed by atoms with Crippen LogP contribution in [0.25, 0.3) is 0 Å². The van der Waals surface area contributed by atoms with Crippen LogP contribution in [-0.4, -0.2) is 16.8 Å². The monoisotopic (exact) mass is 365 g/mol. The Hall–Kier alpha value is -2.99. The van der Waals surface area contributed by atoms with E-state index in [9.17, 15) is 9.59 Å². The quantitative estimate of drug-likeness (QED) is 0.701. The van der Waals surface area contributed by atoms with Gasteiger partial charge >= 0.3 is 0 Å². The first-order chi connectivity index (χ1) is 12.6. The van der Waals surface area contributed by atoms with Crippen molar-refractivity contribution in [2.24, 2.45) is 0 Å². The molecule has 1 aromatic heterocycles. The van der Waals surface area contributed by atoms with Crippen LogP contribution in [0.3, 0.4) is 0 Å². The summed E-state index contributed by atoms with van der Waals surface area (Å²) in [7, 11) is 0. The molecule has 3 aromatic rings. The van der Waals surface area contributed by atoms with Crippen molar-refractivity contribution in [3.63, 3.8) is 0 Å². The molecule has 0 saturated heterocycles. The molecule has 0 bridgehead atoms. The minimum absolute atomic E-state index is 0.0816. The minimum atomic E-state index is -0.198. The number of nitrogens with one attached hydrogen (secondary N) is 2. The fourth-order valence-corrected chi connectivity index (χ4v) is 3.26. The third-order valence-corrected chi connectivity index (χ3v) is 4.67. The highest BCUT2D eigenvalue weighted by Gasteiger charge is 2.09. The lowest BCUT2D eigenvalue weighted by Gasteiger charge is -2.05. The Labute approximate surface area is 156 Å². The Bertz CT molecular complexity index is 889. The maximum atomic E-state index is 12.3. The number of carbonyl (C=O) groups excluding carboxylic acids is 2. The average Bonchev–Trinajstić information content (AvgIpc) is 3.08. The Morgan fingerprint density at radius 3 is 2.42 bits per heavy atom. The van der Waals surface area contributed by atoms with Gasteiger partial charge in [-0.05, 0) is 23.3 Å². The summed E-state index contributed by atoms with van der Waals surface area (Å²) < 4.78 is 0. The summed E-state index contributed by atoms with van der Waals surface area (Å²) in [5.41, 5.74) is 2.70. The van der Waals surface area contributed by atoms with Gasteiger partial charge < -0.3 is 5.32 Å². The van der Waals surface area contributed by atoms with E-state index in [1.54, 1.807) is 18.3 Å². The van der Waals surface area contributed by atoms with Gasteiger partial charge in [0.25, 0.3) is 5.91 Å². The topological polar surface area (TPSA) is 71.1 Å². The molecule has 26 heavy (non-hydrogen) atoms. The lowest BCUT2D eigenvalue weighted by atomic mass is 10.1. The molecule has 0 unspecified atom stereocenters. The summed E-state index contributed by atoms with van der Waals surface area (Å²) in [5.74, 6) is -0.279. The Balaban J connectivity index is 1.58. The van der Waals surface area contributed by atoms with Crippen LogP contribution < -0.4 is 10.6 Å². The van der Waals surface area contributed by atoms with E-state index in [0.717, 1.165) is 16.9 Å². The van der Waals surface area contributed by atoms with Gasteiger partial charge in [0, 0.05) is 36.5 Å². The molecule has 132 valence electrons. The number of hydrogen-bond acceptors (Lipinski definition) is 4. The van der Waals surface area contributed by atoms with Crippen molar-refractivity contribution in [2.75, 3.05) is 5.32 Å². The first kappa shape index (κ1) is 17.8. The Morgan fingerprint density at radius 1 is 1.00 bits per heavy atom. The largest absolute Gasteiger partial charge is 0.352 e. The molecule has 0 aliphatic heterocycles. The number of anilines is 1. The van der Waals surface area contributed by atoms with Crippen molar-refractivity contribution in [3.8, 4) is 0 Å². The lowest BCUT2D eigenvalue weighted by Crippen LogP contribution is -2.19. The van der Waals surface area contributed by atoms with Crippen LogP contribution in [0.15, 0.2) is 60.8 Å². The number of benzene rings is 2. The maximum absolute atomic E-state index is 12.3. The zero-order valence-corrected chi connectivity index (χ0v) is 15.2. The second-order valence-corrected chi connectivity index (χ2v) is 6.97. The van der Waals surface area contributed by atoms with E-state index in [-0.39, 0.29) is 11.8 Å². The van der Waals surface area contributed by atoms with E-state index < -0.39 is 0 Å². The number of hydrogen-bond donors (Lipinski definition) is 2. The molecule has 6 heteroatoms. The highest BCUT2D eigenvalue weighted by Crippen LogP contribution is 2.21. The van der Waals surface area contributed by atoms with Crippen LogP contribution in [-0.2, 0) is 17.8 Å². The third kappa shape index (κ3) is 5.00. The second kappa shape index (κ2) is 8.40. The zero-order chi connectivity index (χ0) is 18.4. The molecule has 0 radical (unpaired) electrons. The van der Waals surface area contributed by atoms with Crippen molar-refractivity contribution in [1.29, 1.82) is 0 Å². The number of aromatic nitrogens is 1. The Kier molecular flexibility index (Phi) is 5.76. The molecule has 0 aliphatic rings. The van der Waals surface area contributed by atoms with Crippen molar-refractivity contribution in [1.82, 2.24) is 10.3 Å². The SMILES string of the molecule is CC(=O)NCc1ccc(C(=O)Nc2ncc(Cc3ccccc3)s2)cc1. The van der Waals surface area contributed by atoms with Gasteiger partial charge in [-0.25, -0.2) is 4.98 Å². The standard InChI is InChI=1S/C20H19N3O2S/c1-14(24)21-12-16-7-9-17(10-8-16)19(25)23-20-22-13-18(26-20)11-15-5-3-2-4-6-15/h2-10,13H,11-12H2,1H3,(H,21,24)(H,22,23,25). The maximum Gasteiger partial charge on any atom is 0.257 e. The molecule has 0 aliphatic carbocycles. The highest BCUT2D eigenvalue weighted by molar-refractivity contribution is 7.15.